The van der Waals surface area contributed by atoms with E-state index >= 15 is 0 Å². The molecule has 1 aliphatic rings. The molecule has 0 fully saturated rings. The quantitative estimate of drug-likeness (QED) is 0.438. The maximum absolute atomic E-state index is 11.4. The van der Waals surface area contributed by atoms with Crippen molar-refractivity contribution in [2.24, 2.45) is 5.92 Å². The monoisotopic (exact) mass is 330 g/mol. The first-order valence-electron chi connectivity index (χ1n) is 9.14. The molecule has 0 aliphatic heterocycles. The van der Waals surface area contributed by atoms with Gasteiger partial charge >= 0.3 is 5.97 Å². The second-order valence-corrected chi connectivity index (χ2v) is 7.36. The van der Waals surface area contributed by atoms with Gasteiger partial charge in [0.05, 0.1) is 0 Å². The van der Waals surface area contributed by atoms with Crippen LogP contribution in [0.4, 0.5) is 0 Å². The number of carbonyl (C=O) groups excluding carboxylic acids is 1. The molecule has 0 bridgehead atoms. The lowest BCUT2D eigenvalue weighted by Gasteiger charge is -2.16. The molecular weight excluding hydrogens is 296 g/mol. The van der Waals surface area contributed by atoms with Crippen LogP contribution in [0, 0.1) is 5.92 Å². The fourth-order valence-corrected chi connectivity index (χ4v) is 2.94. The van der Waals surface area contributed by atoms with Crippen molar-refractivity contribution in [3.63, 3.8) is 0 Å². The highest BCUT2D eigenvalue weighted by Gasteiger charge is 2.11. The van der Waals surface area contributed by atoms with Crippen molar-refractivity contribution < 1.29 is 9.53 Å². The van der Waals surface area contributed by atoms with Gasteiger partial charge in [-0.3, -0.25) is 4.79 Å². The van der Waals surface area contributed by atoms with Gasteiger partial charge in [-0.05, 0) is 58.4 Å². The SMILES string of the molecule is CC(=O)O[C@H]1/C=C(\C)CC/C=C(\C)CC/C(C(C)C)=C\C=C(/C)C1. The molecule has 0 amide bonds. The van der Waals surface area contributed by atoms with Crippen molar-refractivity contribution in [2.75, 3.05) is 0 Å². The minimum atomic E-state index is -0.216. The lowest BCUT2D eigenvalue weighted by atomic mass is 9.94. The van der Waals surface area contributed by atoms with Gasteiger partial charge in [-0.2, -0.15) is 0 Å². The van der Waals surface area contributed by atoms with Crippen molar-refractivity contribution in [2.45, 2.75) is 79.8 Å². The van der Waals surface area contributed by atoms with E-state index in [9.17, 15) is 4.79 Å². The molecule has 0 radical (unpaired) electrons. The number of esters is 1. The summed E-state index contributed by atoms with van der Waals surface area (Å²) in [6.07, 6.45) is 13.8. The Morgan fingerprint density at radius 3 is 2.38 bits per heavy atom. The topological polar surface area (TPSA) is 26.3 Å². The molecule has 24 heavy (non-hydrogen) atoms. The largest absolute Gasteiger partial charge is 0.458 e. The Labute approximate surface area is 148 Å². The smallest absolute Gasteiger partial charge is 0.303 e. The van der Waals surface area contributed by atoms with Gasteiger partial charge in [0.15, 0.2) is 0 Å². The van der Waals surface area contributed by atoms with Crippen molar-refractivity contribution in [3.05, 3.63) is 46.6 Å². The zero-order valence-electron chi connectivity index (χ0n) is 16.3. The first kappa shape index (κ1) is 20.5. The van der Waals surface area contributed by atoms with Crippen LogP contribution in [0.5, 0.6) is 0 Å². The second kappa shape index (κ2) is 10.3. The van der Waals surface area contributed by atoms with E-state index in [4.69, 9.17) is 4.74 Å². The van der Waals surface area contributed by atoms with Crippen LogP contribution < -0.4 is 0 Å². The van der Waals surface area contributed by atoms with Crippen LogP contribution in [-0.4, -0.2) is 12.1 Å². The molecule has 2 heteroatoms. The summed E-state index contributed by atoms with van der Waals surface area (Å²) >= 11 is 0. The number of rotatable bonds is 2. The Morgan fingerprint density at radius 2 is 1.75 bits per heavy atom. The Kier molecular flexibility index (Phi) is 8.81. The molecule has 0 aromatic rings. The van der Waals surface area contributed by atoms with E-state index in [0.717, 1.165) is 32.1 Å². The third-order valence-corrected chi connectivity index (χ3v) is 4.47. The highest BCUT2D eigenvalue weighted by Crippen LogP contribution is 2.22. The fourth-order valence-electron chi connectivity index (χ4n) is 2.94. The molecule has 1 aliphatic carbocycles. The van der Waals surface area contributed by atoms with Crippen molar-refractivity contribution in [1.29, 1.82) is 0 Å². The van der Waals surface area contributed by atoms with Crippen LogP contribution in [0.3, 0.4) is 0 Å². The van der Waals surface area contributed by atoms with E-state index in [1.165, 1.54) is 29.2 Å². The molecule has 0 spiro atoms. The summed E-state index contributed by atoms with van der Waals surface area (Å²) in [5, 5.41) is 0. The van der Waals surface area contributed by atoms with Gasteiger partial charge in [0.1, 0.15) is 6.10 Å². The number of ether oxygens (including phenoxy) is 1. The second-order valence-electron chi connectivity index (χ2n) is 7.36. The van der Waals surface area contributed by atoms with Crippen molar-refractivity contribution >= 4 is 5.97 Å². The fraction of sp³-hybridized carbons (Fsp3) is 0.591. The Balaban J connectivity index is 3.08. The predicted molar refractivity (Wildman–Crippen MR) is 103 cm³/mol. The lowest BCUT2D eigenvalue weighted by molar-refractivity contribution is -0.144. The lowest BCUT2D eigenvalue weighted by Crippen LogP contribution is -2.14. The van der Waals surface area contributed by atoms with E-state index < -0.39 is 0 Å². The molecule has 0 unspecified atom stereocenters. The Bertz CT molecular complexity index is 544. The summed E-state index contributed by atoms with van der Waals surface area (Å²) in [6.45, 7) is 12.5. The van der Waals surface area contributed by atoms with E-state index in [2.05, 4.69) is 58.9 Å². The molecule has 1 rings (SSSR count). The van der Waals surface area contributed by atoms with Crippen molar-refractivity contribution in [3.8, 4) is 0 Å². The zero-order valence-corrected chi connectivity index (χ0v) is 16.3. The number of carbonyl (C=O) groups is 1. The molecule has 0 aromatic carbocycles. The average Bonchev–Trinajstić information content (AvgIpc) is 2.45. The number of allylic oxidation sites excluding steroid dienone is 6. The van der Waals surface area contributed by atoms with Crippen LogP contribution in [-0.2, 0) is 9.53 Å². The van der Waals surface area contributed by atoms with Gasteiger partial charge in [-0.15, -0.1) is 0 Å². The normalized spacial score (nSPS) is 29.9. The van der Waals surface area contributed by atoms with Crippen LogP contribution in [0.2, 0.25) is 0 Å². The van der Waals surface area contributed by atoms with Gasteiger partial charge < -0.3 is 4.74 Å². The average molecular weight is 331 g/mol. The third kappa shape index (κ3) is 8.33. The molecule has 0 N–H and O–H groups in total. The summed E-state index contributed by atoms with van der Waals surface area (Å²) < 4.78 is 5.50. The van der Waals surface area contributed by atoms with Crippen molar-refractivity contribution in [1.82, 2.24) is 0 Å². The first-order chi connectivity index (χ1) is 11.3. The summed E-state index contributed by atoms with van der Waals surface area (Å²) in [7, 11) is 0. The van der Waals surface area contributed by atoms with Crippen LogP contribution in [0.1, 0.15) is 73.6 Å². The van der Waals surface area contributed by atoms with E-state index in [1.807, 2.05) is 0 Å². The maximum Gasteiger partial charge on any atom is 0.303 e. The van der Waals surface area contributed by atoms with Gasteiger partial charge in [0, 0.05) is 13.3 Å². The molecule has 0 saturated carbocycles. The number of hydrogen-bond donors (Lipinski definition) is 0. The van der Waals surface area contributed by atoms with Crippen LogP contribution in [0.25, 0.3) is 0 Å². The van der Waals surface area contributed by atoms with Crippen LogP contribution in [0.15, 0.2) is 46.6 Å². The minimum Gasteiger partial charge on any atom is -0.458 e. The first-order valence-corrected chi connectivity index (χ1v) is 9.14. The Hall–Kier alpha value is -1.57. The predicted octanol–water partition coefficient (Wildman–Crippen LogP) is 6.30. The van der Waals surface area contributed by atoms with Gasteiger partial charge in [0.2, 0.25) is 0 Å². The summed E-state index contributed by atoms with van der Waals surface area (Å²) in [5.41, 5.74) is 5.47. The van der Waals surface area contributed by atoms with Gasteiger partial charge in [-0.25, -0.2) is 0 Å². The molecule has 1 atom stereocenters. The summed E-state index contributed by atoms with van der Waals surface area (Å²) in [4.78, 5) is 11.4. The van der Waals surface area contributed by atoms with E-state index in [-0.39, 0.29) is 12.1 Å². The molecule has 0 aromatic heterocycles. The van der Waals surface area contributed by atoms with E-state index in [1.54, 1.807) is 0 Å². The van der Waals surface area contributed by atoms with E-state index in [0.29, 0.717) is 5.92 Å². The highest BCUT2D eigenvalue weighted by atomic mass is 16.5. The minimum absolute atomic E-state index is 0.164. The summed E-state index contributed by atoms with van der Waals surface area (Å²) in [6, 6.07) is 0. The number of hydrogen-bond acceptors (Lipinski definition) is 2. The molecule has 0 saturated heterocycles. The third-order valence-electron chi connectivity index (χ3n) is 4.47. The Morgan fingerprint density at radius 1 is 1.04 bits per heavy atom. The standard InChI is InChI=1S/C22H34O2/c1-16(2)21-12-10-17(3)8-7-9-18(4)14-22(24-20(6)23)15-19(5)11-13-21/h8,11,13-14,16,22H,7,9-10,12,15H2,1-6H3/b17-8+,18-14+,19-11+,21-13+/t22-/m0/s1. The maximum atomic E-state index is 11.4. The molecule has 134 valence electrons. The van der Waals surface area contributed by atoms with Crippen LogP contribution >= 0.6 is 0 Å². The molecule has 0 heterocycles. The highest BCUT2D eigenvalue weighted by molar-refractivity contribution is 5.66. The molecular formula is C22H34O2. The molecule has 2 nitrogen and oxygen atoms in total. The van der Waals surface area contributed by atoms with Gasteiger partial charge in [-0.1, -0.05) is 54.4 Å². The van der Waals surface area contributed by atoms with Gasteiger partial charge in [0.25, 0.3) is 0 Å². The zero-order chi connectivity index (χ0) is 18.1. The summed E-state index contributed by atoms with van der Waals surface area (Å²) in [5.74, 6) is 0.341.